The maximum atomic E-state index is 13.8. The van der Waals surface area contributed by atoms with Crippen LogP contribution in [0, 0.1) is 5.82 Å². The minimum atomic E-state index is -0.455. The number of aromatic nitrogens is 3. The van der Waals surface area contributed by atoms with Gasteiger partial charge in [-0.05, 0) is 18.6 Å². The number of nitrogens with two attached hydrogens (primary N) is 1. The Morgan fingerprint density at radius 3 is 2.86 bits per heavy atom. The van der Waals surface area contributed by atoms with Gasteiger partial charge in [0.05, 0.1) is 24.2 Å². The van der Waals surface area contributed by atoms with Crippen molar-refractivity contribution in [1.29, 1.82) is 0 Å². The second-order valence-corrected chi connectivity index (χ2v) is 4.78. The van der Waals surface area contributed by atoms with E-state index in [4.69, 9.17) is 10.5 Å². The van der Waals surface area contributed by atoms with Gasteiger partial charge in [-0.25, -0.2) is 9.37 Å². The zero-order chi connectivity index (χ0) is 15.0. The lowest BCUT2D eigenvalue weighted by Crippen LogP contribution is -2.10. The van der Waals surface area contributed by atoms with Gasteiger partial charge in [0.1, 0.15) is 0 Å². The molecule has 3 rings (SSSR count). The summed E-state index contributed by atoms with van der Waals surface area (Å²) in [6.45, 7) is 1.99. The maximum absolute atomic E-state index is 13.8. The van der Waals surface area contributed by atoms with E-state index in [1.54, 1.807) is 18.5 Å². The largest absolute Gasteiger partial charge is 0.494 e. The molecule has 1 atom stereocenters. The third kappa shape index (κ3) is 2.18. The summed E-state index contributed by atoms with van der Waals surface area (Å²) >= 11 is 0. The average Bonchev–Trinajstić information content (AvgIpc) is 2.81. The van der Waals surface area contributed by atoms with Gasteiger partial charge in [-0.3, -0.25) is 4.98 Å². The number of pyridine rings is 1. The Hall–Kier alpha value is -2.63. The van der Waals surface area contributed by atoms with E-state index in [0.29, 0.717) is 11.5 Å². The molecule has 0 aliphatic carbocycles. The molecule has 0 aliphatic heterocycles. The molecule has 0 bridgehead atoms. The van der Waals surface area contributed by atoms with Crippen LogP contribution in [0.5, 0.6) is 5.75 Å². The predicted molar refractivity (Wildman–Crippen MR) is 78.7 cm³/mol. The van der Waals surface area contributed by atoms with Crippen molar-refractivity contribution in [2.24, 2.45) is 0 Å². The number of ether oxygens (including phenoxy) is 1. The van der Waals surface area contributed by atoms with Gasteiger partial charge in [-0.2, -0.15) is 0 Å². The second-order valence-electron chi connectivity index (χ2n) is 4.78. The predicted octanol–water partition coefficient (Wildman–Crippen LogP) is 2.77. The summed E-state index contributed by atoms with van der Waals surface area (Å²) in [5.74, 6) is 0.0414. The first-order valence-electron chi connectivity index (χ1n) is 6.52. The molecule has 2 N–H and O–H groups in total. The van der Waals surface area contributed by atoms with Gasteiger partial charge in [0, 0.05) is 24.5 Å². The summed E-state index contributed by atoms with van der Waals surface area (Å²) in [5, 5.41) is 0. The van der Waals surface area contributed by atoms with Gasteiger partial charge in [0.25, 0.3) is 0 Å². The lowest BCUT2D eigenvalue weighted by molar-refractivity contribution is 0.387. The topological polar surface area (TPSA) is 66.0 Å². The SMILES string of the molecule is COc1cc2c(cc1F)nc(N)n2C(C)c1cccnc1. The van der Waals surface area contributed by atoms with Crippen molar-refractivity contribution < 1.29 is 9.13 Å². The Morgan fingerprint density at radius 1 is 1.38 bits per heavy atom. The number of benzene rings is 1. The van der Waals surface area contributed by atoms with Crippen molar-refractivity contribution >= 4 is 17.0 Å². The minimum absolute atomic E-state index is 0.0705. The van der Waals surface area contributed by atoms with Crippen LogP contribution in [0.15, 0.2) is 36.7 Å². The zero-order valence-corrected chi connectivity index (χ0v) is 11.7. The first-order chi connectivity index (χ1) is 10.1. The van der Waals surface area contributed by atoms with Crippen LogP contribution < -0.4 is 10.5 Å². The lowest BCUT2D eigenvalue weighted by Gasteiger charge is -2.16. The molecule has 0 saturated carbocycles. The Balaban J connectivity index is 2.20. The summed E-state index contributed by atoms with van der Waals surface area (Å²) in [7, 11) is 1.43. The number of nitrogen functional groups attached to an aromatic ring is 1. The van der Waals surface area contributed by atoms with Crippen molar-refractivity contribution in [3.05, 3.63) is 48.0 Å². The summed E-state index contributed by atoms with van der Waals surface area (Å²) in [4.78, 5) is 8.33. The standard InChI is InChI=1S/C15H15FN4O/c1-9(10-4-3-5-18-8-10)20-13-7-14(21-2)11(16)6-12(13)19-15(20)17/h3-9H,1-2H3,(H2,17,19). The number of hydrogen-bond donors (Lipinski definition) is 1. The van der Waals surface area contributed by atoms with E-state index in [-0.39, 0.29) is 11.8 Å². The summed E-state index contributed by atoms with van der Waals surface area (Å²) < 4.78 is 20.6. The zero-order valence-electron chi connectivity index (χ0n) is 11.7. The van der Waals surface area contributed by atoms with Crippen LogP contribution in [-0.4, -0.2) is 21.6 Å². The fraction of sp³-hybridized carbons (Fsp3) is 0.200. The van der Waals surface area contributed by atoms with Crippen LogP contribution in [0.2, 0.25) is 0 Å². The van der Waals surface area contributed by atoms with Crippen LogP contribution in [-0.2, 0) is 0 Å². The summed E-state index contributed by atoms with van der Waals surface area (Å²) in [6.07, 6.45) is 3.49. The number of hydrogen-bond acceptors (Lipinski definition) is 4. The Bertz CT molecular complexity index is 785. The van der Waals surface area contributed by atoms with Crippen molar-refractivity contribution in [2.45, 2.75) is 13.0 Å². The highest BCUT2D eigenvalue weighted by molar-refractivity contribution is 5.80. The highest BCUT2D eigenvalue weighted by Crippen LogP contribution is 2.30. The molecule has 6 heteroatoms. The van der Waals surface area contributed by atoms with E-state index in [0.717, 1.165) is 11.1 Å². The lowest BCUT2D eigenvalue weighted by atomic mass is 10.1. The monoisotopic (exact) mass is 286 g/mol. The Morgan fingerprint density at radius 2 is 2.19 bits per heavy atom. The number of nitrogens with zero attached hydrogens (tertiary/aromatic N) is 3. The number of halogens is 1. The molecule has 0 amide bonds. The van der Waals surface area contributed by atoms with Crippen LogP contribution in [0.4, 0.5) is 10.3 Å². The molecule has 21 heavy (non-hydrogen) atoms. The third-order valence-electron chi connectivity index (χ3n) is 3.54. The van der Waals surface area contributed by atoms with E-state index in [1.165, 1.54) is 13.2 Å². The number of anilines is 1. The molecule has 1 unspecified atom stereocenters. The third-order valence-corrected chi connectivity index (χ3v) is 3.54. The first kappa shape index (κ1) is 13.4. The molecule has 0 aliphatic rings. The molecule has 108 valence electrons. The molecule has 2 heterocycles. The van der Waals surface area contributed by atoms with Gasteiger partial charge in [-0.15, -0.1) is 0 Å². The van der Waals surface area contributed by atoms with Gasteiger partial charge in [0.2, 0.25) is 5.95 Å². The number of fused-ring (bicyclic) bond motifs is 1. The Kier molecular flexibility index (Phi) is 3.21. The normalized spacial score (nSPS) is 12.5. The molecule has 0 spiro atoms. The molecule has 0 saturated heterocycles. The van der Waals surface area contributed by atoms with E-state index in [1.807, 2.05) is 23.6 Å². The molecule has 3 aromatic rings. The van der Waals surface area contributed by atoms with Crippen molar-refractivity contribution in [3.63, 3.8) is 0 Å². The average molecular weight is 286 g/mol. The van der Waals surface area contributed by atoms with Crippen LogP contribution in [0.1, 0.15) is 18.5 Å². The Labute approximate surface area is 121 Å². The number of rotatable bonds is 3. The number of methoxy groups -OCH3 is 1. The van der Waals surface area contributed by atoms with E-state index >= 15 is 0 Å². The van der Waals surface area contributed by atoms with Gasteiger partial charge in [0.15, 0.2) is 11.6 Å². The highest BCUT2D eigenvalue weighted by atomic mass is 19.1. The van der Waals surface area contributed by atoms with E-state index in [9.17, 15) is 4.39 Å². The number of imidazole rings is 1. The minimum Gasteiger partial charge on any atom is -0.494 e. The fourth-order valence-electron chi connectivity index (χ4n) is 2.45. The molecular formula is C15H15FN4O. The molecule has 0 radical (unpaired) electrons. The molecule has 0 fully saturated rings. The van der Waals surface area contributed by atoms with Gasteiger partial charge in [-0.1, -0.05) is 6.07 Å². The summed E-state index contributed by atoms with van der Waals surface area (Å²) in [6, 6.07) is 6.70. The van der Waals surface area contributed by atoms with Gasteiger partial charge >= 0.3 is 0 Å². The molecular weight excluding hydrogens is 271 g/mol. The second kappa shape index (κ2) is 5.05. The van der Waals surface area contributed by atoms with E-state index in [2.05, 4.69) is 9.97 Å². The summed E-state index contributed by atoms with van der Waals surface area (Å²) in [5.41, 5.74) is 8.22. The van der Waals surface area contributed by atoms with Crippen LogP contribution >= 0.6 is 0 Å². The molecule has 2 aromatic heterocycles. The quantitative estimate of drug-likeness (QED) is 0.804. The molecule has 1 aromatic carbocycles. The van der Waals surface area contributed by atoms with Crippen molar-refractivity contribution in [1.82, 2.24) is 14.5 Å². The first-order valence-corrected chi connectivity index (χ1v) is 6.52. The van der Waals surface area contributed by atoms with E-state index < -0.39 is 5.82 Å². The fourth-order valence-corrected chi connectivity index (χ4v) is 2.45. The highest BCUT2D eigenvalue weighted by Gasteiger charge is 2.18. The maximum Gasteiger partial charge on any atom is 0.201 e. The van der Waals surface area contributed by atoms with Crippen LogP contribution in [0.25, 0.3) is 11.0 Å². The van der Waals surface area contributed by atoms with Crippen LogP contribution in [0.3, 0.4) is 0 Å². The molecule has 5 nitrogen and oxygen atoms in total. The smallest absolute Gasteiger partial charge is 0.201 e. The van der Waals surface area contributed by atoms with Gasteiger partial charge < -0.3 is 15.0 Å². The van der Waals surface area contributed by atoms with Crippen molar-refractivity contribution in [2.75, 3.05) is 12.8 Å². The van der Waals surface area contributed by atoms with Crippen molar-refractivity contribution in [3.8, 4) is 5.75 Å².